The van der Waals surface area contributed by atoms with Crippen molar-refractivity contribution in [2.75, 3.05) is 25.5 Å². The van der Waals surface area contributed by atoms with E-state index in [0.717, 1.165) is 42.5 Å². The molecular formula is C16H19N3O. The molecule has 3 rings (SSSR count). The normalized spacial score (nSPS) is 19.9. The molecule has 1 aromatic carbocycles. The second-order valence-corrected chi connectivity index (χ2v) is 5.47. The smallest absolute Gasteiger partial charge is 0.228 e. The summed E-state index contributed by atoms with van der Waals surface area (Å²) in [7, 11) is 2.07. The van der Waals surface area contributed by atoms with Crippen molar-refractivity contribution >= 4 is 22.5 Å². The summed E-state index contributed by atoms with van der Waals surface area (Å²) in [6, 6.07) is 9.79. The van der Waals surface area contributed by atoms with Crippen molar-refractivity contribution in [3.8, 4) is 0 Å². The Hall–Kier alpha value is -1.94. The molecule has 0 spiro atoms. The van der Waals surface area contributed by atoms with Gasteiger partial charge in [-0.15, -0.1) is 0 Å². The van der Waals surface area contributed by atoms with Crippen molar-refractivity contribution in [2.24, 2.45) is 5.92 Å². The number of carbonyl (C=O) groups is 1. The second-order valence-electron chi connectivity index (χ2n) is 5.47. The fourth-order valence-corrected chi connectivity index (χ4v) is 2.82. The molecule has 1 saturated heterocycles. The third kappa shape index (κ3) is 2.65. The molecular weight excluding hydrogens is 250 g/mol. The Morgan fingerprint density at radius 3 is 3.05 bits per heavy atom. The molecule has 1 unspecified atom stereocenters. The summed E-state index contributed by atoms with van der Waals surface area (Å²) in [6.45, 7) is 1.92. The van der Waals surface area contributed by atoms with E-state index >= 15 is 0 Å². The van der Waals surface area contributed by atoms with E-state index in [1.807, 2.05) is 30.3 Å². The maximum absolute atomic E-state index is 12.4. The average Bonchev–Trinajstić information content (AvgIpc) is 2.47. The quantitative estimate of drug-likeness (QED) is 0.911. The lowest BCUT2D eigenvalue weighted by atomic mass is 9.97. The molecule has 4 nitrogen and oxygen atoms in total. The van der Waals surface area contributed by atoms with Gasteiger partial charge in [0.05, 0.1) is 17.1 Å². The maximum atomic E-state index is 12.4. The average molecular weight is 269 g/mol. The number of fused-ring (bicyclic) bond motifs is 1. The Morgan fingerprint density at radius 1 is 1.35 bits per heavy atom. The summed E-state index contributed by atoms with van der Waals surface area (Å²) in [4.78, 5) is 19.0. The van der Waals surface area contributed by atoms with E-state index in [4.69, 9.17) is 0 Å². The number of aromatic nitrogens is 1. The number of piperidine rings is 1. The van der Waals surface area contributed by atoms with E-state index in [-0.39, 0.29) is 11.8 Å². The molecule has 1 fully saturated rings. The maximum Gasteiger partial charge on any atom is 0.228 e. The van der Waals surface area contributed by atoms with Crippen LogP contribution in [0.3, 0.4) is 0 Å². The first-order chi connectivity index (χ1) is 9.74. The second kappa shape index (κ2) is 5.59. The first kappa shape index (κ1) is 13.1. The van der Waals surface area contributed by atoms with E-state index in [0.29, 0.717) is 0 Å². The van der Waals surface area contributed by atoms with Crippen LogP contribution in [0.15, 0.2) is 36.5 Å². The Labute approximate surface area is 118 Å². The van der Waals surface area contributed by atoms with Crippen molar-refractivity contribution in [1.82, 2.24) is 9.88 Å². The third-order valence-electron chi connectivity index (χ3n) is 3.89. The number of para-hydroxylation sites is 1. The number of pyridine rings is 1. The van der Waals surface area contributed by atoms with Gasteiger partial charge in [-0.3, -0.25) is 9.78 Å². The number of nitrogens with one attached hydrogen (secondary N) is 1. The monoisotopic (exact) mass is 269 g/mol. The molecule has 1 atom stereocenters. The molecule has 0 radical (unpaired) electrons. The van der Waals surface area contributed by atoms with Gasteiger partial charge in [0, 0.05) is 18.1 Å². The number of amides is 1. The van der Waals surface area contributed by atoms with Crippen molar-refractivity contribution in [3.05, 3.63) is 36.5 Å². The highest BCUT2D eigenvalue weighted by molar-refractivity contribution is 6.01. The highest BCUT2D eigenvalue weighted by Crippen LogP contribution is 2.23. The van der Waals surface area contributed by atoms with E-state index in [1.165, 1.54) is 0 Å². The minimum Gasteiger partial charge on any atom is -0.324 e. The molecule has 20 heavy (non-hydrogen) atoms. The molecule has 1 aromatic heterocycles. The molecule has 2 aromatic rings. The van der Waals surface area contributed by atoms with E-state index < -0.39 is 0 Å². The summed E-state index contributed by atoms with van der Waals surface area (Å²) in [5, 5.41) is 4.09. The highest BCUT2D eigenvalue weighted by atomic mass is 16.1. The number of rotatable bonds is 2. The molecule has 104 valence electrons. The molecule has 1 aliphatic rings. The molecule has 1 N–H and O–H groups in total. The number of likely N-dealkylation sites (tertiary alicyclic amines) is 1. The number of benzene rings is 1. The van der Waals surface area contributed by atoms with Crippen LogP contribution in [0.1, 0.15) is 12.8 Å². The van der Waals surface area contributed by atoms with E-state index in [1.54, 1.807) is 6.20 Å². The van der Waals surface area contributed by atoms with Crippen molar-refractivity contribution in [3.63, 3.8) is 0 Å². The minimum atomic E-state index is 0.0766. The van der Waals surface area contributed by atoms with Crippen LogP contribution in [0.2, 0.25) is 0 Å². The van der Waals surface area contributed by atoms with Gasteiger partial charge in [-0.1, -0.05) is 18.2 Å². The number of carbonyl (C=O) groups excluding carboxylic acids is 1. The largest absolute Gasteiger partial charge is 0.324 e. The summed E-state index contributed by atoms with van der Waals surface area (Å²) < 4.78 is 0. The van der Waals surface area contributed by atoms with Crippen LogP contribution in [-0.4, -0.2) is 35.9 Å². The number of nitrogens with zero attached hydrogens (tertiary/aromatic N) is 2. The summed E-state index contributed by atoms with van der Waals surface area (Å²) in [5.74, 6) is 0.183. The molecule has 0 bridgehead atoms. The van der Waals surface area contributed by atoms with Gasteiger partial charge in [0.25, 0.3) is 0 Å². The van der Waals surface area contributed by atoms with Gasteiger partial charge in [0.1, 0.15) is 0 Å². The van der Waals surface area contributed by atoms with Gasteiger partial charge < -0.3 is 10.2 Å². The zero-order valence-electron chi connectivity index (χ0n) is 11.7. The molecule has 0 aliphatic carbocycles. The van der Waals surface area contributed by atoms with E-state index in [9.17, 15) is 4.79 Å². The fourth-order valence-electron chi connectivity index (χ4n) is 2.82. The van der Waals surface area contributed by atoms with Gasteiger partial charge in [-0.25, -0.2) is 0 Å². The van der Waals surface area contributed by atoms with Crippen LogP contribution in [0, 0.1) is 5.92 Å². The number of hydrogen-bond acceptors (Lipinski definition) is 3. The highest BCUT2D eigenvalue weighted by Gasteiger charge is 2.24. The summed E-state index contributed by atoms with van der Waals surface area (Å²) in [5.41, 5.74) is 1.66. The Balaban J connectivity index is 1.80. The summed E-state index contributed by atoms with van der Waals surface area (Å²) in [6.07, 6.45) is 3.81. The van der Waals surface area contributed by atoms with E-state index in [2.05, 4.69) is 22.2 Å². The van der Waals surface area contributed by atoms with Gasteiger partial charge in [0.2, 0.25) is 5.91 Å². The Bertz CT molecular complexity index is 621. The molecule has 0 saturated carbocycles. The van der Waals surface area contributed by atoms with Crippen molar-refractivity contribution < 1.29 is 4.79 Å². The van der Waals surface area contributed by atoms with Crippen molar-refractivity contribution in [2.45, 2.75) is 12.8 Å². The lowest BCUT2D eigenvalue weighted by molar-refractivity contribution is -0.121. The lowest BCUT2D eigenvalue weighted by Crippen LogP contribution is -2.38. The molecule has 4 heteroatoms. The van der Waals surface area contributed by atoms with Gasteiger partial charge in [0.15, 0.2) is 0 Å². The SMILES string of the molecule is CN1CCCC(C(=O)Nc2cccc3cccnc23)C1. The van der Waals surface area contributed by atoms with Crippen LogP contribution < -0.4 is 5.32 Å². The predicted molar refractivity (Wildman–Crippen MR) is 80.6 cm³/mol. The molecule has 1 aliphatic heterocycles. The van der Waals surface area contributed by atoms with Crippen molar-refractivity contribution in [1.29, 1.82) is 0 Å². The topological polar surface area (TPSA) is 45.2 Å². The van der Waals surface area contributed by atoms with Gasteiger partial charge in [-0.2, -0.15) is 0 Å². The van der Waals surface area contributed by atoms with Crippen LogP contribution in [0.4, 0.5) is 5.69 Å². The number of hydrogen-bond donors (Lipinski definition) is 1. The van der Waals surface area contributed by atoms with Gasteiger partial charge >= 0.3 is 0 Å². The predicted octanol–water partition coefficient (Wildman–Crippen LogP) is 2.52. The Kier molecular flexibility index (Phi) is 3.65. The van der Waals surface area contributed by atoms with Crippen LogP contribution in [0.5, 0.6) is 0 Å². The third-order valence-corrected chi connectivity index (χ3v) is 3.89. The minimum absolute atomic E-state index is 0.0766. The molecule has 1 amide bonds. The van der Waals surface area contributed by atoms with Crippen LogP contribution in [0.25, 0.3) is 10.9 Å². The summed E-state index contributed by atoms with van der Waals surface area (Å²) >= 11 is 0. The standard InChI is InChI=1S/C16H19N3O/c1-19-10-4-7-13(11-19)16(20)18-14-8-2-5-12-6-3-9-17-15(12)14/h2-3,5-6,8-9,13H,4,7,10-11H2,1H3,(H,18,20). The zero-order valence-corrected chi connectivity index (χ0v) is 11.7. The lowest BCUT2D eigenvalue weighted by Gasteiger charge is -2.28. The first-order valence-electron chi connectivity index (χ1n) is 7.07. The van der Waals surface area contributed by atoms with Crippen LogP contribution in [-0.2, 0) is 4.79 Å². The van der Waals surface area contributed by atoms with Gasteiger partial charge in [-0.05, 0) is 38.6 Å². The first-order valence-corrected chi connectivity index (χ1v) is 7.07. The van der Waals surface area contributed by atoms with Crippen LogP contribution >= 0.6 is 0 Å². The fraction of sp³-hybridized carbons (Fsp3) is 0.375. The Morgan fingerprint density at radius 2 is 2.20 bits per heavy atom. The number of anilines is 1. The molecule has 2 heterocycles. The zero-order chi connectivity index (χ0) is 13.9.